The highest BCUT2D eigenvalue weighted by atomic mass is 16.6. The van der Waals surface area contributed by atoms with Crippen molar-refractivity contribution in [2.24, 2.45) is 0 Å². The third kappa shape index (κ3) is 3.73. The smallest absolute Gasteiger partial charge is 0.329 e. The Kier molecular flexibility index (Phi) is 5.10. The molecule has 1 aromatic rings. The molecule has 2 aliphatic rings. The molecule has 0 radical (unpaired) electrons. The molecule has 3 rings (SSSR count). The summed E-state index contributed by atoms with van der Waals surface area (Å²) in [7, 11) is 0. The van der Waals surface area contributed by atoms with Crippen LogP contribution in [0.1, 0.15) is 38.5 Å². The van der Waals surface area contributed by atoms with E-state index in [4.69, 9.17) is 5.73 Å². The van der Waals surface area contributed by atoms with Crippen molar-refractivity contribution >= 4 is 17.5 Å². The number of nitrogen functional groups attached to an aromatic ring is 1. The predicted molar refractivity (Wildman–Crippen MR) is 89.6 cm³/mol. The molecule has 2 atom stereocenters. The number of nitrogens with zero attached hydrogens (tertiary/aromatic N) is 4. The van der Waals surface area contributed by atoms with E-state index in [1.807, 2.05) is 0 Å². The predicted octanol–water partition coefficient (Wildman–Crippen LogP) is 1.15. The number of nitrogens with two attached hydrogens (primary N) is 1. The van der Waals surface area contributed by atoms with Gasteiger partial charge in [0.25, 0.3) is 0 Å². The summed E-state index contributed by atoms with van der Waals surface area (Å²) in [5, 5.41) is 24.1. The molecule has 0 spiro atoms. The zero-order valence-electron chi connectivity index (χ0n) is 13.6. The van der Waals surface area contributed by atoms with Gasteiger partial charge in [-0.2, -0.15) is 4.98 Å². The number of hydrogen-bond donors (Lipinski definition) is 3. The Morgan fingerprint density at radius 1 is 1.29 bits per heavy atom. The second kappa shape index (κ2) is 7.27. The van der Waals surface area contributed by atoms with Gasteiger partial charge < -0.3 is 16.2 Å². The van der Waals surface area contributed by atoms with Gasteiger partial charge in [0, 0.05) is 25.2 Å². The van der Waals surface area contributed by atoms with E-state index in [-0.39, 0.29) is 29.7 Å². The van der Waals surface area contributed by atoms with Gasteiger partial charge >= 0.3 is 5.69 Å². The summed E-state index contributed by atoms with van der Waals surface area (Å²) in [6.07, 6.45) is 7.05. The standard InChI is InChI=1S/C15H24N6O3/c16-14-12(21(23)24)9-17-15(19-14)18-10-5-7-20(8-6-10)11-3-1-2-4-13(11)22/h9-11,13,22H,1-8H2,(H3,16,17,18,19). The topological polar surface area (TPSA) is 130 Å². The van der Waals surface area contributed by atoms with Gasteiger partial charge in [-0.05, 0) is 25.7 Å². The minimum Gasteiger partial charge on any atom is -0.391 e. The summed E-state index contributed by atoms with van der Waals surface area (Å²) in [4.78, 5) is 20.5. The molecular weight excluding hydrogens is 312 g/mol. The van der Waals surface area contributed by atoms with E-state index in [9.17, 15) is 15.2 Å². The monoisotopic (exact) mass is 336 g/mol. The van der Waals surface area contributed by atoms with Crippen LogP contribution in [-0.4, -0.2) is 56.2 Å². The Hall–Kier alpha value is -2.00. The molecule has 1 aliphatic carbocycles. The fourth-order valence-corrected chi connectivity index (χ4v) is 3.67. The minimum atomic E-state index is -0.590. The summed E-state index contributed by atoms with van der Waals surface area (Å²) in [5.74, 6) is 0.203. The molecule has 2 unspecified atom stereocenters. The normalized spacial score (nSPS) is 26.2. The highest BCUT2D eigenvalue weighted by Gasteiger charge is 2.31. The lowest BCUT2D eigenvalue weighted by Crippen LogP contribution is -2.50. The van der Waals surface area contributed by atoms with E-state index < -0.39 is 4.92 Å². The Labute approximate surface area is 140 Å². The lowest BCUT2D eigenvalue weighted by Gasteiger charge is -2.41. The fraction of sp³-hybridized carbons (Fsp3) is 0.733. The molecule has 0 aromatic carbocycles. The molecule has 2 heterocycles. The van der Waals surface area contributed by atoms with Crippen molar-refractivity contribution in [3.63, 3.8) is 0 Å². The van der Waals surface area contributed by atoms with E-state index in [1.165, 1.54) is 6.42 Å². The molecule has 24 heavy (non-hydrogen) atoms. The number of rotatable bonds is 4. The van der Waals surface area contributed by atoms with Crippen LogP contribution < -0.4 is 11.1 Å². The number of anilines is 2. The maximum absolute atomic E-state index is 10.7. The fourth-order valence-electron chi connectivity index (χ4n) is 3.67. The molecule has 9 nitrogen and oxygen atoms in total. The summed E-state index contributed by atoms with van der Waals surface area (Å²) in [6.45, 7) is 1.84. The maximum Gasteiger partial charge on any atom is 0.329 e. The van der Waals surface area contributed by atoms with Gasteiger partial charge in [0.15, 0.2) is 0 Å². The van der Waals surface area contributed by atoms with Crippen LogP contribution >= 0.6 is 0 Å². The van der Waals surface area contributed by atoms with E-state index in [0.717, 1.165) is 51.4 Å². The molecule has 1 saturated carbocycles. The average molecular weight is 336 g/mol. The molecule has 0 bridgehead atoms. The quantitative estimate of drug-likeness (QED) is 0.551. The number of aliphatic hydroxyl groups excluding tert-OH is 1. The first-order valence-electron chi connectivity index (χ1n) is 8.50. The van der Waals surface area contributed by atoms with Gasteiger partial charge in [-0.15, -0.1) is 0 Å². The van der Waals surface area contributed by atoms with E-state index in [1.54, 1.807) is 0 Å². The average Bonchev–Trinajstić information content (AvgIpc) is 2.56. The molecular formula is C15H24N6O3. The number of aliphatic hydroxyl groups is 1. The van der Waals surface area contributed by atoms with Gasteiger partial charge in [0.2, 0.25) is 11.8 Å². The SMILES string of the molecule is Nc1nc(NC2CCN(C3CCCCC3O)CC2)ncc1[N+](=O)[O-]. The molecule has 132 valence electrons. The van der Waals surface area contributed by atoms with E-state index in [2.05, 4.69) is 20.2 Å². The summed E-state index contributed by atoms with van der Waals surface area (Å²) in [6, 6.07) is 0.494. The Bertz CT molecular complexity index is 591. The van der Waals surface area contributed by atoms with Crippen molar-refractivity contribution in [2.45, 2.75) is 56.7 Å². The minimum absolute atomic E-state index is 0.125. The molecule has 1 aromatic heterocycles. The third-order valence-electron chi connectivity index (χ3n) is 5.02. The van der Waals surface area contributed by atoms with Crippen LogP contribution in [0.25, 0.3) is 0 Å². The molecule has 1 aliphatic heterocycles. The van der Waals surface area contributed by atoms with Crippen LogP contribution in [0.4, 0.5) is 17.5 Å². The lowest BCUT2D eigenvalue weighted by molar-refractivity contribution is -0.384. The van der Waals surface area contributed by atoms with Crippen LogP contribution in [-0.2, 0) is 0 Å². The molecule has 9 heteroatoms. The molecule has 0 amide bonds. The number of hydrogen-bond acceptors (Lipinski definition) is 8. The van der Waals surface area contributed by atoms with Crippen molar-refractivity contribution in [3.8, 4) is 0 Å². The van der Waals surface area contributed by atoms with E-state index >= 15 is 0 Å². The summed E-state index contributed by atoms with van der Waals surface area (Å²) >= 11 is 0. The maximum atomic E-state index is 10.7. The zero-order valence-corrected chi connectivity index (χ0v) is 13.6. The Morgan fingerprint density at radius 2 is 2.00 bits per heavy atom. The molecule has 1 saturated heterocycles. The molecule has 2 fully saturated rings. The number of aromatic nitrogens is 2. The first-order valence-corrected chi connectivity index (χ1v) is 8.50. The third-order valence-corrected chi connectivity index (χ3v) is 5.02. The van der Waals surface area contributed by atoms with Gasteiger partial charge in [-0.25, -0.2) is 4.98 Å². The second-order valence-corrected chi connectivity index (χ2v) is 6.59. The van der Waals surface area contributed by atoms with Crippen LogP contribution in [0.2, 0.25) is 0 Å². The number of nitrogens with one attached hydrogen (secondary N) is 1. The largest absolute Gasteiger partial charge is 0.391 e. The van der Waals surface area contributed by atoms with Gasteiger partial charge in [0.05, 0.1) is 11.0 Å². The van der Waals surface area contributed by atoms with Crippen LogP contribution in [0.5, 0.6) is 0 Å². The highest BCUT2D eigenvalue weighted by Crippen LogP contribution is 2.27. The zero-order chi connectivity index (χ0) is 17.1. The number of nitro groups is 1. The van der Waals surface area contributed by atoms with Crippen molar-refractivity contribution < 1.29 is 10.0 Å². The van der Waals surface area contributed by atoms with Crippen LogP contribution in [0.15, 0.2) is 6.20 Å². The first kappa shape index (κ1) is 16.8. The Balaban J connectivity index is 1.54. The van der Waals surface area contributed by atoms with Crippen molar-refractivity contribution in [1.29, 1.82) is 0 Å². The van der Waals surface area contributed by atoms with Crippen LogP contribution in [0, 0.1) is 10.1 Å². The van der Waals surface area contributed by atoms with E-state index in [0.29, 0.717) is 5.95 Å². The van der Waals surface area contributed by atoms with Crippen molar-refractivity contribution in [2.75, 3.05) is 24.1 Å². The lowest BCUT2D eigenvalue weighted by atomic mass is 9.89. The second-order valence-electron chi connectivity index (χ2n) is 6.59. The number of likely N-dealkylation sites (tertiary alicyclic amines) is 1. The summed E-state index contributed by atoms with van der Waals surface area (Å²) in [5.41, 5.74) is 5.32. The van der Waals surface area contributed by atoms with Crippen molar-refractivity contribution in [3.05, 3.63) is 16.3 Å². The highest BCUT2D eigenvalue weighted by molar-refractivity contribution is 5.53. The Morgan fingerprint density at radius 3 is 2.62 bits per heavy atom. The van der Waals surface area contributed by atoms with Crippen LogP contribution in [0.3, 0.4) is 0 Å². The van der Waals surface area contributed by atoms with Gasteiger partial charge in [-0.3, -0.25) is 15.0 Å². The van der Waals surface area contributed by atoms with Gasteiger partial charge in [-0.1, -0.05) is 12.8 Å². The van der Waals surface area contributed by atoms with Gasteiger partial charge in [0.1, 0.15) is 6.20 Å². The summed E-state index contributed by atoms with van der Waals surface area (Å²) < 4.78 is 0. The first-order chi connectivity index (χ1) is 11.5. The van der Waals surface area contributed by atoms with Crippen molar-refractivity contribution in [1.82, 2.24) is 14.9 Å². The molecule has 4 N–H and O–H groups in total. The number of piperidine rings is 1.